The van der Waals surface area contributed by atoms with Gasteiger partial charge in [-0.1, -0.05) is 29.5 Å². The molecule has 5 nitrogen and oxygen atoms in total. The van der Waals surface area contributed by atoms with Gasteiger partial charge in [0.2, 0.25) is 11.0 Å². The average Bonchev–Trinajstić information content (AvgIpc) is 3.02. The third-order valence-electron chi connectivity index (χ3n) is 4.03. The van der Waals surface area contributed by atoms with Crippen molar-refractivity contribution in [1.29, 1.82) is 0 Å². The van der Waals surface area contributed by atoms with E-state index in [0.29, 0.717) is 6.42 Å². The van der Waals surface area contributed by atoms with Crippen molar-refractivity contribution in [1.82, 2.24) is 4.98 Å². The number of rotatable bonds is 3. The van der Waals surface area contributed by atoms with Crippen LogP contribution in [0.1, 0.15) is 24.5 Å². The zero-order chi connectivity index (χ0) is 16.5. The molecule has 6 heteroatoms. The third kappa shape index (κ3) is 2.88. The molecule has 0 spiro atoms. The molecule has 0 saturated heterocycles. The largest absolute Gasteiger partial charge is 0.326 e. The fourth-order valence-corrected chi connectivity index (χ4v) is 3.53. The molecular formula is C18H16N4OS. The Kier molecular flexibility index (Phi) is 3.74. The van der Waals surface area contributed by atoms with Gasteiger partial charge in [-0.25, -0.2) is 4.98 Å². The van der Waals surface area contributed by atoms with E-state index in [9.17, 15) is 4.79 Å². The molecule has 0 saturated carbocycles. The Morgan fingerprint density at radius 3 is 3.00 bits per heavy atom. The number of thiazole rings is 1. The van der Waals surface area contributed by atoms with Crippen molar-refractivity contribution in [3.63, 3.8) is 0 Å². The minimum Gasteiger partial charge on any atom is -0.326 e. The fraction of sp³-hybridized carbons (Fsp3) is 0.167. The summed E-state index contributed by atoms with van der Waals surface area (Å²) in [6, 6.07) is 14.0. The second kappa shape index (κ2) is 6.05. The lowest BCUT2D eigenvalue weighted by molar-refractivity contribution is -0.116. The van der Waals surface area contributed by atoms with Crippen molar-refractivity contribution in [3.8, 4) is 0 Å². The highest BCUT2D eigenvalue weighted by Crippen LogP contribution is 2.26. The smallest absolute Gasteiger partial charge is 0.224 e. The highest BCUT2D eigenvalue weighted by molar-refractivity contribution is 7.22. The molecule has 0 atom stereocenters. The minimum atomic E-state index is 0.0816. The lowest BCUT2D eigenvalue weighted by Gasteiger charge is -2.17. The van der Waals surface area contributed by atoms with Crippen LogP contribution >= 0.6 is 11.3 Å². The Morgan fingerprint density at radius 1 is 1.25 bits per heavy atom. The lowest BCUT2D eigenvalue weighted by atomic mass is 9.99. The molecule has 3 aromatic rings. The van der Waals surface area contributed by atoms with Gasteiger partial charge in [-0.15, -0.1) is 0 Å². The number of aromatic nitrogens is 1. The molecule has 0 fully saturated rings. The van der Waals surface area contributed by atoms with Crippen LogP contribution in [0, 0.1) is 0 Å². The summed E-state index contributed by atoms with van der Waals surface area (Å²) in [5, 5.41) is 8.13. The molecule has 4 rings (SSSR count). The summed E-state index contributed by atoms with van der Waals surface area (Å²) in [5.74, 6) is 0.0816. The van der Waals surface area contributed by atoms with Crippen LogP contribution in [0.4, 0.5) is 10.8 Å². The number of carbonyl (C=O) groups is 1. The molecule has 1 aliphatic heterocycles. The van der Waals surface area contributed by atoms with Crippen LogP contribution < -0.4 is 10.7 Å². The summed E-state index contributed by atoms with van der Waals surface area (Å²) < 4.78 is 1.14. The third-order valence-corrected chi connectivity index (χ3v) is 4.97. The molecule has 24 heavy (non-hydrogen) atoms. The number of fused-ring (bicyclic) bond motifs is 2. The zero-order valence-electron chi connectivity index (χ0n) is 13.2. The maximum Gasteiger partial charge on any atom is 0.224 e. The van der Waals surface area contributed by atoms with E-state index in [1.54, 1.807) is 11.3 Å². The van der Waals surface area contributed by atoms with Crippen LogP contribution in [-0.2, 0) is 11.2 Å². The summed E-state index contributed by atoms with van der Waals surface area (Å²) in [4.78, 5) is 15.9. The summed E-state index contributed by atoms with van der Waals surface area (Å²) in [7, 11) is 0. The molecule has 120 valence electrons. The molecule has 2 N–H and O–H groups in total. The van der Waals surface area contributed by atoms with Gasteiger partial charge in [0, 0.05) is 12.1 Å². The molecule has 2 heterocycles. The predicted octanol–water partition coefficient (Wildman–Crippen LogP) is 4.02. The van der Waals surface area contributed by atoms with Gasteiger partial charge < -0.3 is 5.32 Å². The van der Waals surface area contributed by atoms with Gasteiger partial charge in [-0.05, 0) is 48.7 Å². The molecule has 1 amide bonds. The number of para-hydroxylation sites is 1. The van der Waals surface area contributed by atoms with E-state index in [0.717, 1.165) is 44.3 Å². The van der Waals surface area contributed by atoms with E-state index in [-0.39, 0.29) is 5.91 Å². The lowest BCUT2D eigenvalue weighted by Crippen LogP contribution is -2.19. The zero-order valence-corrected chi connectivity index (χ0v) is 14.0. The summed E-state index contributed by atoms with van der Waals surface area (Å²) in [5.41, 5.74) is 8.00. The van der Waals surface area contributed by atoms with Crippen molar-refractivity contribution in [3.05, 3.63) is 53.6 Å². The number of aryl methyl sites for hydroxylation is 1. The molecule has 0 unspecified atom stereocenters. The molecular weight excluding hydrogens is 320 g/mol. The number of anilines is 2. The number of hydrogen-bond acceptors (Lipinski definition) is 5. The van der Waals surface area contributed by atoms with Gasteiger partial charge in [0.25, 0.3) is 0 Å². The Balaban J connectivity index is 1.55. The van der Waals surface area contributed by atoms with Crippen LogP contribution in [0.5, 0.6) is 0 Å². The number of hydrogen-bond donors (Lipinski definition) is 2. The van der Waals surface area contributed by atoms with Gasteiger partial charge in [0.05, 0.1) is 15.9 Å². The SMILES string of the molecule is C/C(=N\Nc1nc2ccccc2s1)c1ccc2c(c1)CCC(=O)N2. The van der Waals surface area contributed by atoms with E-state index in [1.807, 2.05) is 43.3 Å². The fourth-order valence-electron chi connectivity index (χ4n) is 2.72. The second-order valence-corrected chi connectivity index (χ2v) is 6.75. The Hall–Kier alpha value is -2.73. The number of amides is 1. The van der Waals surface area contributed by atoms with Crippen LogP contribution in [0.2, 0.25) is 0 Å². The predicted molar refractivity (Wildman–Crippen MR) is 98.8 cm³/mol. The molecule has 2 aromatic carbocycles. The normalized spacial score (nSPS) is 14.4. The number of nitrogens with zero attached hydrogens (tertiary/aromatic N) is 2. The van der Waals surface area contributed by atoms with Gasteiger partial charge in [0.1, 0.15) is 0 Å². The maximum absolute atomic E-state index is 11.4. The van der Waals surface area contributed by atoms with E-state index >= 15 is 0 Å². The minimum absolute atomic E-state index is 0.0816. The molecule has 0 aliphatic carbocycles. The van der Waals surface area contributed by atoms with Gasteiger partial charge >= 0.3 is 0 Å². The Morgan fingerprint density at radius 2 is 2.12 bits per heavy atom. The molecule has 0 bridgehead atoms. The number of carbonyl (C=O) groups excluding carboxylic acids is 1. The first-order chi connectivity index (χ1) is 11.7. The summed E-state index contributed by atoms with van der Waals surface area (Å²) in [6.07, 6.45) is 1.31. The van der Waals surface area contributed by atoms with Gasteiger partial charge in [-0.2, -0.15) is 5.10 Å². The van der Waals surface area contributed by atoms with Gasteiger partial charge in [-0.3, -0.25) is 10.2 Å². The first kappa shape index (κ1) is 14.8. The highest BCUT2D eigenvalue weighted by Gasteiger charge is 2.15. The number of benzene rings is 2. The van der Waals surface area contributed by atoms with Crippen LogP contribution in [-0.4, -0.2) is 16.6 Å². The number of nitrogens with one attached hydrogen (secondary N) is 2. The molecule has 1 aromatic heterocycles. The first-order valence-electron chi connectivity index (χ1n) is 7.78. The maximum atomic E-state index is 11.4. The van der Waals surface area contributed by atoms with Crippen LogP contribution in [0.25, 0.3) is 10.2 Å². The summed E-state index contributed by atoms with van der Waals surface area (Å²) >= 11 is 1.58. The van der Waals surface area contributed by atoms with Gasteiger partial charge in [0.15, 0.2) is 0 Å². The van der Waals surface area contributed by atoms with Crippen LogP contribution in [0.3, 0.4) is 0 Å². The first-order valence-corrected chi connectivity index (χ1v) is 8.60. The van der Waals surface area contributed by atoms with Crippen molar-refractivity contribution in [2.45, 2.75) is 19.8 Å². The van der Waals surface area contributed by atoms with Crippen LogP contribution in [0.15, 0.2) is 47.6 Å². The van der Waals surface area contributed by atoms with E-state index in [1.165, 1.54) is 0 Å². The van der Waals surface area contributed by atoms with E-state index in [2.05, 4.69) is 26.9 Å². The quantitative estimate of drug-likeness (QED) is 0.561. The Labute approximate surface area is 143 Å². The highest BCUT2D eigenvalue weighted by atomic mass is 32.1. The second-order valence-electron chi connectivity index (χ2n) is 5.72. The van der Waals surface area contributed by atoms with E-state index in [4.69, 9.17) is 0 Å². The number of hydrazone groups is 1. The Bertz CT molecular complexity index is 928. The molecule has 1 aliphatic rings. The standard InChI is InChI=1S/C18H16N4OS/c1-11(12-6-8-14-13(10-12)7-9-17(23)19-14)21-22-18-20-15-4-2-3-5-16(15)24-18/h2-6,8,10H,7,9H2,1H3,(H,19,23)(H,20,22)/b21-11+. The van der Waals surface area contributed by atoms with Crippen molar-refractivity contribution in [2.75, 3.05) is 10.7 Å². The van der Waals surface area contributed by atoms with Crippen molar-refractivity contribution < 1.29 is 4.79 Å². The van der Waals surface area contributed by atoms with Crippen molar-refractivity contribution in [2.24, 2.45) is 5.10 Å². The summed E-state index contributed by atoms with van der Waals surface area (Å²) in [6.45, 7) is 1.96. The average molecular weight is 336 g/mol. The topological polar surface area (TPSA) is 66.4 Å². The van der Waals surface area contributed by atoms with E-state index < -0.39 is 0 Å². The monoisotopic (exact) mass is 336 g/mol. The molecule has 0 radical (unpaired) electrons. The van der Waals surface area contributed by atoms with Crippen molar-refractivity contribution >= 4 is 44.0 Å².